The number of hydrogen-bond donors (Lipinski definition) is 1. The molecule has 2 saturated carbocycles. The Labute approximate surface area is 87.9 Å². The maximum Gasteiger partial charge on any atom is 0.0462 e. The van der Waals surface area contributed by atoms with Gasteiger partial charge in [0.1, 0.15) is 0 Å². The lowest BCUT2D eigenvalue weighted by molar-refractivity contribution is 0.266. The molecule has 0 bridgehead atoms. The molecule has 1 N–H and O–H groups in total. The minimum Gasteiger partial charge on any atom is -0.396 e. The summed E-state index contributed by atoms with van der Waals surface area (Å²) in [4.78, 5) is 0. The summed E-state index contributed by atoms with van der Waals surface area (Å²) < 4.78 is 0. The maximum atomic E-state index is 8.95. The first-order valence-electron chi connectivity index (χ1n) is 6.46. The highest BCUT2D eigenvalue weighted by Gasteiger charge is 2.44. The fourth-order valence-corrected chi connectivity index (χ4v) is 2.82. The van der Waals surface area contributed by atoms with Crippen LogP contribution in [0.5, 0.6) is 0 Å². The van der Waals surface area contributed by atoms with Gasteiger partial charge in [-0.2, -0.15) is 0 Å². The second-order valence-corrected chi connectivity index (χ2v) is 5.43. The van der Waals surface area contributed by atoms with Crippen molar-refractivity contribution in [2.24, 2.45) is 23.7 Å². The molecule has 0 aromatic heterocycles. The lowest BCUT2D eigenvalue weighted by Gasteiger charge is -1.99. The predicted molar refractivity (Wildman–Crippen MR) is 59.0 cm³/mol. The van der Waals surface area contributed by atoms with Crippen molar-refractivity contribution in [1.29, 1.82) is 0 Å². The lowest BCUT2D eigenvalue weighted by atomic mass is 10.1. The summed E-state index contributed by atoms with van der Waals surface area (Å²) in [5.41, 5.74) is 0. The van der Waals surface area contributed by atoms with Gasteiger partial charge in [0.05, 0.1) is 0 Å². The molecule has 0 aliphatic heterocycles. The van der Waals surface area contributed by atoms with Crippen LogP contribution in [0.3, 0.4) is 0 Å². The number of unbranched alkanes of at least 4 members (excludes halogenated alkanes) is 2. The summed E-state index contributed by atoms with van der Waals surface area (Å²) >= 11 is 0. The zero-order valence-corrected chi connectivity index (χ0v) is 9.41. The molecule has 0 radical (unpaired) electrons. The second-order valence-electron chi connectivity index (χ2n) is 5.43. The minimum absolute atomic E-state index is 0.442. The third-order valence-corrected chi connectivity index (χ3v) is 4.16. The Morgan fingerprint density at radius 1 is 1.00 bits per heavy atom. The van der Waals surface area contributed by atoms with Crippen LogP contribution >= 0.6 is 0 Å². The Morgan fingerprint density at radius 3 is 2.36 bits per heavy atom. The van der Waals surface area contributed by atoms with Gasteiger partial charge in [-0.3, -0.25) is 0 Å². The van der Waals surface area contributed by atoms with Crippen LogP contribution in [0.2, 0.25) is 0 Å². The van der Waals surface area contributed by atoms with Crippen LogP contribution in [0.1, 0.15) is 51.9 Å². The largest absolute Gasteiger partial charge is 0.396 e. The maximum absolute atomic E-state index is 8.95. The summed E-state index contributed by atoms with van der Waals surface area (Å²) in [6, 6.07) is 0. The first kappa shape index (κ1) is 10.5. The average Bonchev–Trinajstić information content (AvgIpc) is 3.06. The van der Waals surface area contributed by atoms with Gasteiger partial charge in [-0.05, 0) is 42.9 Å². The fraction of sp³-hybridized carbons (Fsp3) is 1.00. The lowest BCUT2D eigenvalue weighted by Crippen LogP contribution is -1.91. The van der Waals surface area contributed by atoms with Crippen LogP contribution in [0.4, 0.5) is 0 Å². The summed E-state index contributed by atoms with van der Waals surface area (Å²) in [6.07, 6.45) is 9.95. The van der Waals surface area contributed by atoms with Crippen LogP contribution in [-0.2, 0) is 0 Å². The molecule has 1 heteroatoms. The molecule has 4 atom stereocenters. The fourth-order valence-electron chi connectivity index (χ4n) is 2.82. The van der Waals surface area contributed by atoms with E-state index in [4.69, 9.17) is 5.11 Å². The van der Waals surface area contributed by atoms with E-state index in [0.29, 0.717) is 12.5 Å². The molecule has 0 amide bonds. The second kappa shape index (κ2) is 4.65. The van der Waals surface area contributed by atoms with Gasteiger partial charge in [-0.1, -0.05) is 32.6 Å². The molecule has 2 aliphatic rings. The van der Waals surface area contributed by atoms with Gasteiger partial charge in [-0.15, -0.1) is 0 Å². The highest BCUT2D eigenvalue weighted by molar-refractivity contribution is 4.94. The van der Waals surface area contributed by atoms with Crippen molar-refractivity contribution in [2.75, 3.05) is 6.61 Å². The Balaban J connectivity index is 1.50. The van der Waals surface area contributed by atoms with E-state index in [-0.39, 0.29) is 0 Å². The SMILES string of the molecule is CCCCC[C@H]1CC1C[C@H]1CC1CO. The van der Waals surface area contributed by atoms with Crippen LogP contribution in [-0.4, -0.2) is 11.7 Å². The van der Waals surface area contributed by atoms with E-state index in [1.54, 1.807) is 0 Å². The average molecular weight is 196 g/mol. The van der Waals surface area contributed by atoms with Gasteiger partial charge in [0.15, 0.2) is 0 Å². The highest BCUT2D eigenvalue weighted by atomic mass is 16.3. The molecule has 0 saturated heterocycles. The summed E-state index contributed by atoms with van der Waals surface area (Å²) in [6.45, 7) is 2.72. The first-order valence-corrected chi connectivity index (χ1v) is 6.46. The quantitative estimate of drug-likeness (QED) is 0.620. The molecule has 2 rings (SSSR count). The minimum atomic E-state index is 0.442. The van der Waals surface area contributed by atoms with Crippen molar-refractivity contribution in [2.45, 2.75) is 51.9 Å². The summed E-state index contributed by atoms with van der Waals surface area (Å²) in [7, 11) is 0. The van der Waals surface area contributed by atoms with Crippen molar-refractivity contribution in [3.63, 3.8) is 0 Å². The van der Waals surface area contributed by atoms with Crippen molar-refractivity contribution >= 4 is 0 Å². The molecule has 1 nitrogen and oxygen atoms in total. The Bertz CT molecular complexity index is 178. The monoisotopic (exact) mass is 196 g/mol. The molecule has 0 aromatic carbocycles. The third kappa shape index (κ3) is 2.73. The van der Waals surface area contributed by atoms with Gasteiger partial charge in [0, 0.05) is 6.61 Å². The standard InChI is InChI=1S/C13H24O/c1-2-3-4-5-10-6-11(10)7-12-8-13(12)9-14/h10-14H,2-9H2,1H3/t10-,11?,12-,13?/m0/s1. The number of rotatable bonds is 7. The van der Waals surface area contributed by atoms with Crippen LogP contribution in [0.15, 0.2) is 0 Å². The van der Waals surface area contributed by atoms with Crippen molar-refractivity contribution in [3.8, 4) is 0 Å². The van der Waals surface area contributed by atoms with E-state index < -0.39 is 0 Å². The molecular weight excluding hydrogens is 172 g/mol. The highest BCUT2D eigenvalue weighted by Crippen LogP contribution is 2.53. The summed E-state index contributed by atoms with van der Waals surface area (Å²) in [5.74, 6) is 3.71. The molecule has 2 fully saturated rings. The van der Waals surface area contributed by atoms with Crippen LogP contribution in [0.25, 0.3) is 0 Å². The van der Waals surface area contributed by atoms with Gasteiger partial charge in [-0.25, -0.2) is 0 Å². The van der Waals surface area contributed by atoms with E-state index in [1.165, 1.54) is 44.9 Å². The zero-order valence-electron chi connectivity index (χ0n) is 9.41. The van der Waals surface area contributed by atoms with Crippen molar-refractivity contribution < 1.29 is 5.11 Å². The Kier molecular flexibility index (Phi) is 3.48. The van der Waals surface area contributed by atoms with E-state index in [9.17, 15) is 0 Å². The molecule has 14 heavy (non-hydrogen) atoms. The molecule has 82 valence electrons. The molecule has 2 aliphatic carbocycles. The predicted octanol–water partition coefficient (Wildman–Crippen LogP) is 3.22. The molecule has 0 spiro atoms. The van der Waals surface area contributed by atoms with Gasteiger partial charge < -0.3 is 5.11 Å². The number of hydrogen-bond acceptors (Lipinski definition) is 1. The molecule has 0 heterocycles. The first-order chi connectivity index (χ1) is 6.85. The van der Waals surface area contributed by atoms with Gasteiger partial charge in [0.2, 0.25) is 0 Å². The normalized spacial score (nSPS) is 39.9. The number of aliphatic hydroxyl groups excluding tert-OH is 1. The summed E-state index contributed by atoms with van der Waals surface area (Å²) in [5, 5.41) is 8.95. The van der Waals surface area contributed by atoms with Crippen LogP contribution < -0.4 is 0 Å². The topological polar surface area (TPSA) is 20.2 Å². The molecule has 0 aromatic rings. The van der Waals surface area contributed by atoms with Crippen molar-refractivity contribution in [1.82, 2.24) is 0 Å². The van der Waals surface area contributed by atoms with Gasteiger partial charge >= 0.3 is 0 Å². The third-order valence-electron chi connectivity index (χ3n) is 4.16. The smallest absolute Gasteiger partial charge is 0.0462 e. The van der Waals surface area contributed by atoms with E-state index in [1.807, 2.05) is 0 Å². The number of aliphatic hydroxyl groups is 1. The van der Waals surface area contributed by atoms with E-state index in [2.05, 4.69) is 6.92 Å². The van der Waals surface area contributed by atoms with E-state index >= 15 is 0 Å². The molecular formula is C13H24O. The Hall–Kier alpha value is -0.0400. The zero-order chi connectivity index (χ0) is 9.97. The van der Waals surface area contributed by atoms with Gasteiger partial charge in [0.25, 0.3) is 0 Å². The molecule has 2 unspecified atom stereocenters. The Morgan fingerprint density at radius 2 is 1.71 bits per heavy atom. The van der Waals surface area contributed by atoms with Crippen molar-refractivity contribution in [3.05, 3.63) is 0 Å². The van der Waals surface area contributed by atoms with Crippen LogP contribution in [0, 0.1) is 23.7 Å². The van der Waals surface area contributed by atoms with E-state index in [0.717, 1.165) is 17.8 Å².